The number of carbonyl (C=O) groups is 4. The molecule has 2 saturated heterocycles. The minimum Gasteiger partial charge on any atom is -0.488 e. The normalized spacial score (nSPS) is 21.4. The van der Waals surface area contributed by atoms with Gasteiger partial charge in [-0.15, -0.1) is 0 Å². The second kappa shape index (κ2) is 17.3. The molecule has 0 aliphatic carbocycles. The lowest BCUT2D eigenvalue weighted by atomic mass is 9.92. The van der Waals surface area contributed by atoms with Crippen molar-refractivity contribution in [2.45, 2.75) is 116 Å². The first kappa shape index (κ1) is 42.5. The summed E-state index contributed by atoms with van der Waals surface area (Å²) in [6.07, 6.45) is 3.67. The highest BCUT2D eigenvalue weighted by Crippen LogP contribution is 2.44. The van der Waals surface area contributed by atoms with Crippen molar-refractivity contribution in [3.8, 4) is 28.1 Å². The molecule has 62 heavy (non-hydrogen) atoms. The number of ether oxygens (including phenoxy) is 4. The van der Waals surface area contributed by atoms with E-state index in [9.17, 15) is 19.2 Å². The van der Waals surface area contributed by atoms with E-state index in [1.807, 2.05) is 38.7 Å². The molecule has 8 atom stereocenters. The Balaban J connectivity index is 1.04. The predicted molar refractivity (Wildman–Crippen MR) is 232 cm³/mol. The molecule has 2 aromatic heterocycles. The zero-order valence-corrected chi connectivity index (χ0v) is 36.5. The highest BCUT2D eigenvalue weighted by molar-refractivity contribution is 6.07. The number of hydrogen-bond donors (Lipinski definition) is 4. The first-order chi connectivity index (χ1) is 29.8. The molecular weight excluding hydrogens is 793 g/mol. The van der Waals surface area contributed by atoms with Gasteiger partial charge in [0.1, 0.15) is 36.1 Å². The van der Waals surface area contributed by atoms with Crippen molar-refractivity contribution < 1.29 is 38.1 Å². The third kappa shape index (κ3) is 7.69. The van der Waals surface area contributed by atoms with Crippen LogP contribution in [-0.2, 0) is 30.4 Å². The van der Waals surface area contributed by atoms with Crippen LogP contribution in [-0.4, -0.2) is 105 Å². The summed E-state index contributed by atoms with van der Waals surface area (Å²) >= 11 is 0. The van der Waals surface area contributed by atoms with E-state index in [1.54, 1.807) is 18.0 Å². The zero-order chi connectivity index (χ0) is 44.0. The van der Waals surface area contributed by atoms with Crippen LogP contribution in [0.4, 0.5) is 9.59 Å². The molecular formula is C46H56N8O8. The van der Waals surface area contributed by atoms with Crippen LogP contribution in [0.3, 0.4) is 0 Å². The molecule has 16 nitrogen and oxygen atoms in total. The number of H-pyrrole nitrogens is 2. The summed E-state index contributed by atoms with van der Waals surface area (Å²) in [5.74, 6) is 1.67. The monoisotopic (exact) mass is 848 g/mol. The molecule has 16 heteroatoms. The van der Waals surface area contributed by atoms with E-state index < -0.39 is 30.4 Å². The average molecular weight is 849 g/mol. The number of methoxy groups -OCH3 is 3. The van der Waals surface area contributed by atoms with Crippen LogP contribution >= 0.6 is 0 Å². The number of carbonyl (C=O) groups excluding carboxylic acids is 4. The van der Waals surface area contributed by atoms with E-state index in [0.717, 1.165) is 74.8 Å². The Bertz CT molecular complexity index is 2520. The zero-order valence-electron chi connectivity index (χ0n) is 36.5. The highest BCUT2D eigenvalue weighted by atomic mass is 16.5. The van der Waals surface area contributed by atoms with Crippen molar-refractivity contribution in [3.63, 3.8) is 0 Å². The summed E-state index contributed by atoms with van der Waals surface area (Å²) in [6, 6.07) is 12.3. The second-order valence-corrected chi connectivity index (χ2v) is 16.9. The van der Waals surface area contributed by atoms with Crippen LogP contribution in [0.2, 0.25) is 0 Å². The molecule has 0 bridgehead atoms. The molecule has 0 radical (unpaired) electrons. The van der Waals surface area contributed by atoms with E-state index in [4.69, 9.17) is 28.9 Å². The molecule has 5 heterocycles. The van der Waals surface area contributed by atoms with Gasteiger partial charge in [-0.25, -0.2) is 19.6 Å². The second-order valence-electron chi connectivity index (χ2n) is 16.9. The summed E-state index contributed by atoms with van der Waals surface area (Å²) in [4.78, 5) is 73.0. The van der Waals surface area contributed by atoms with E-state index in [-0.39, 0.29) is 41.9 Å². The maximum atomic E-state index is 14.1. The highest BCUT2D eigenvalue weighted by Gasteiger charge is 2.43. The van der Waals surface area contributed by atoms with Crippen molar-refractivity contribution in [1.29, 1.82) is 0 Å². The van der Waals surface area contributed by atoms with Crippen molar-refractivity contribution in [3.05, 3.63) is 65.9 Å². The van der Waals surface area contributed by atoms with E-state index in [2.05, 4.69) is 57.0 Å². The maximum absolute atomic E-state index is 14.1. The smallest absolute Gasteiger partial charge is 0.407 e. The third-order valence-electron chi connectivity index (χ3n) is 13.3. The summed E-state index contributed by atoms with van der Waals surface area (Å²) in [6.45, 7) is 10.1. The Morgan fingerprint density at radius 3 is 2.15 bits per heavy atom. The number of aromatic amines is 2. The van der Waals surface area contributed by atoms with Crippen molar-refractivity contribution >= 4 is 45.8 Å². The number of imidazole rings is 2. The fourth-order valence-corrected chi connectivity index (χ4v) is 9.43. The number of likely N-dealkylation sites (tertiary alicyclic amines) is 2. The third-order valence-corrected chi connectivity index (χ3v) is 13.3. The lowest BCUT2D eigenvalue weighted by Gasteiger charge is -2.33. The molecule has 4 amide bonds. The molecule has 5 aromatic rings. The minimum absolute atomic E-state index is 0.0292. The van der Waals surface area contributed by atoms with Gasteiger partial charge in [0.15, 0.2) is 0 Å². The van der Waals surface area contributed by atoms with Gasteiger partial charge in [-0.2, -0.15) is 0 Å². The average Bonchev–Trinajstić information content (AvgIpc) is 4.11. The minimum atomic E-state index is -0.927. The van der Waals surface area contributed by atoms with Crippen molar-refractivity contribution in [2.24, 2.45) is 5.92 Å². The standard InChI is InChI=1S/C46H56N8O8/c1-9-23(2)38(51-45(57)60-7)43(55)54-25(4)11-17-36(54)42-48-33-15-13-27-19-32-30-14-12-28(18-29(30)22-62-37(32)20-31(27)40(33)50-42)34-21-47-41(49-34)35-16-10-24(3)53(35)44(56)39(26(5)59-6)52-46(58)61-8/h12-15,18-21,23-26,35-36,38-39H,9-11,16-17,22H2,1-8H3,(H,47,49)(H,48,50)(H,51,57)(H,52,58)/t23-,24-,25-,26+,35-,36?,38-,39-/m0/s1. The fourth-order valence-electron chi connectivity index (χ4n) is 9.43. The largest absolute Gasteiger partial charge is 0.488 e. The van der Waals surface area contributed by atoms with Crippen LogP contribution in [0.15, 0.2) is 48.7 Å². The van der Waals surface area contributed by atoms with Crippen molar-refractivity contribution in [2.75, 3.05) is 21.3 Å². The Kier molecular flexibility index (Phi) is 11.9. The Morgan fingerprint density at radius 1 is 0.823 bits per heavy atom. The summed E-state index contributed by atoms with van der Waals surface area (Å²) in [7, 11) is 4.07. The Labute approximate surface area is 360 Å². The van der Waals surface area contributed by atoms with E-state index in [1.165, 1.54) is 21.3 Å². The molecule has 0 spiro atoms. The number of nitrogens with zero attached hydrogens (tertiary/aromatic N) is 4. The molecule has 3 aliphatic rings. The van der Waals surface area contributed by atoms with Crippen LogP contribution < -0.4 is 15.4 Å². The first-order valence-corrected chi connectivity index (χ1v) is 21.5. The summed E-state index contributed by atoms with van der Waals surface area (Å²) in [5, 5.41) is 7.43. The molecule has 328 valence electrons. The molecule has 3 aliphatic heterocycles. The Morgan fingerprint density at radius 2 is 1.48 bits per heavy atom. The van der Waals surface area contributed by atoms with Gasteiger partial charge in [0, 0.05) is 30.1 Å². The molecule has 4 N–H and O–H groups in total. The number of nitrogens with one attached hydrogen (secondary N) is 4. The summed E-state index contributed by atoms with van der Waals surface area (Å²) in [5.41, 5.74) is 6.52. The van der Waals surface area contributed by atoms with Gasteiger partial charge < -0.3 is 49.3 Å². The maximum Gasteiger partial charge on any atom is 0.407 e. The number of amides is 4. The quantitative estimate of drug-likeness (QED) is 0.105. The lowest BCUT2D eigenvalue weighted by Crippen LogP contribution is -2.55. The topological polar surface area (TPSA) is 193 Å². The molecule has 1 unspecified atom stereocenters. The summed E-state index contributed by atoms with van der Waals surface area (Å²) < 4.78 is 21.6. The Hall–Kier alpha value is -6.16. The van der Waals surface area contributed by atoms with E-state index >= 15 is 0 Å². The van der Waals surface area contributed by atoms with Crippen LogP contribution in [0.1, 0.15) is 96.0 Å². The first-order valence-electron chi connectivity index (χ1n) is 21.5. The van der Waals surface area contributed by atoms with Crippen LogP contribution in [0, 0.1) is 5.92 Å². The van der Waals surface area contributed by atoms with Crippen LogP contribution in [0.5, 0.6) is 5.75 Å². The molecule has 8 rings (SSSR count). The number of alkyl carbamates (subject to hydrolysis) is 2. The van der Waals surface area contributed by atoms with Gasteiger partial charge >= 0.3 is 12.2 Å². The molecule has 0 saturated carbocycles. The van der Waals surface area contributed by atoms with Crippen molar-refractivity contribution in [1.82, 2.24) is 40.4 Å². The predicted octanol–water partition coefficient (Wildman–Crippen LogP) is 7.30. The van der Waals surface area contributed by atoms with Gasteiger partial charge in [-0.3, -0.25) is 9.59 Å². The number of benzene rings is 3. The fraction of sp³-hybridized carbons (Fsp3) is 0.478. The van der Waals surface area contributed by atoms with Gasteiger partial charge in [0.2, 0.25) is 11.8 Å². The number of rotatable bonds is 11. The van der Waals surface area contributed by atoms with Gasteiger partial charge in [0.25, 0.3) is 0 Å². The van der Waals surface area contributed by atoms with Gasteiger partial charge in [0.05, 0.1) is 55.3 Å². The SMILES string of the molecule is CC[C@H](C)[C@H](NC(=O)OC)C(=O)N1C(c2nc3ccc4cc5c(cc4c3[nH]2)OCc2cc(-c3cnc([C@@H]4CC[C@H](C)N4C(=O)[C@@H](NC(=O)OC)[C@@H](C)OC)[nH]3)ccc2-5)CC[C@@H]1C. The van der Waals surface area contributed by atoms with Gasteiger partial charge in [-0.1, -0.05) is 38.5 Å². The number of hydrogen-bond acceptors (Lipinski definition) is 10. The lowest BCUT2D eigenvalue weighted by molar-refractivity contribution is -0.139. The number of fused-ring (bicyclic) bond motifs is 6. The molecule has 2 fully saturated rings. The van der Waals surface area contributed by atoms with E-state index in [0.29, 0.717) is 31.1 Å². The molecule has 3 aromatic carbocycles. The van der Waals surface area contributed by atoms with Crippen LogP contribution in [0.25, 0.3) is 44.2 Å². The van der Waals surface area contributed by atoms with Gasteiger partial charge in [-0.05, 0) is 98.7 Å². The number of aromatic nitrogens is 4.